The number of halogens is 2. The molecule has 24 heavy (non-hydrogen) atoms. The Kier molecular flexibility index (Phi) is 5.01. The van der Waals surface area contributed by atoms with Crippen molar-refractivity contribution >= 4 is 21.8 Å². The first kappa shape index (κ1) is 17.1. The van der Waals surface area contributed by atoms with Gasteiger partial charge in [-0.25, -0.2) is 4.39 Å². The second-order valence-corrected chi connectivity index (χ2v) is 7.16. The first-order valence-electron chi connectivity index (χ1n) is 7.84. The van der Waals surface area contributed by atoms with E-state index in [2.05, 4.69) is 26.3 Å². The minimum atomic E-state index is -0.300. The maximum absolute atomic E-state index is 13.9. The molecule has 1 aromatic heterocycles. The van der Waals surface area contributed by atoms with Gasteiger partial charge in [-0.2, -0.15) is 5.10 Å². The second kappa shape index (κ2) is 7.03. The van der Waals surface area contributed by atoms with E-state index in [4.69, 9.17) is 0 Å². The van der Waals surface area contributed by atoms with Gasteiger partial charge in [0, 0.05) is 55.9 Å². The molecule has 1 fully saturated rings. The van der Waals surface area contributed by atoms with Crippen LogP contribution in [-0.4, -0.2) is 40.7 Å². The van der Waals surface area contributed by atoms with Crippen molar-refractivity contribution < 1.29 is 9.18 Å². The molecule has 1 N–H and O–H groups in total. The van der Waals surface area contributed by atoms with Gasteiger partial charge in [-0.05, 0) is 23.8 Å². The van der Waals surface area contributed by atoms with Gasteiger partial charge in [-0.1, -0.05) is 15.9 Å². The molecule has 2 atom stereocenters. The van der Waals surface area contributed by atoms with Gasteiger partial charge in [0.1, 0.15) is 5.82 Å². The van der Waals surface area contributed by atoms with Gasteiger partial charge < -0.3 is 10.2 Å². The van der Waals surface area contributed by atoms with E-state index in [0.717, 1.165) is 16.6 Å². The van der Waals surface area contributed by atoms with Gasteiger partial charge in [0.15, 0.2) is 0 Å². The molecule has 1 saturated heterocycles. The van der Waals surface area contributed by atoms with Crippen LogP contribution in [0.2, 0.25) is 0 Å². The molecule has 2 aromatic rings. The van der Waals surface area contributed by atoms with Crippen LogP contribution in [0.15, 0.2) is 35.1 Å². The number of benzene rings is 1. The highest BCUT2D eigenvalue weighted by Gasteiger charge is 2.36. The Morgan fingerprint density at radius 1 is 1.50 bits per heavy atom. The molecule has 7 heteroatoms. The van der Waals surface area contributed by atoms with E-state index < -0.39 is 0 Å². The van der Waals surface area contributed by atoms with Crippen molar-refractivity contribution in [1.29, 1.82) is 0 Å². The molecule has 5 nitrogen and oxygen atoms in total. The fourth-order valence-corrected chi connectivity index (χ4v) is 3.61. The Morgan fingerprint density at radius 3 is 3.00 bits per heavy atom. The van der Waals surface area contributed by atoms with Crippen molar-refractivity contribution in [3.05, 3.63) is 52.0 Å². The molecule has 3 rings (SSSR count). The van der Waals surface area contributed by atoms with Gasteiger partial charge in [-0.3, -0.25) is 9.48 Å². The largest absolute Gasteiger partial charge is 0.341 e. The van der Waals surface area contributed by atoms with Crippen LogP contribution in [0.3, 0.4) is 0 Å². The first-order valence-corrected chi connectivity index (χ1v) is 8.63. The lowest BCUT2D eigenvalue weighted by molar-refractivity contribution is -0.134. The van der Waals surface area contributed by atoms with Crippen molar-refractivity contribution in [1.82, 2.24) is 20.0 Å². The van der Waals surface area contributed by atoms with E-state index in [1.807, 2.05) is 19.4 Å². The zero-order valence-corrected chi connectivity index (χ0v) is 15.3. The third-order valence-corrected chi connectivity index (χ3v) is 4.97. The van der Waals surface area contributed by atoms with Gasteiger partial charge in [-0.15, -0.1) is 0 Å². The van der Waals surface area contributed by atoms with E-state index in [9.17, 15) is 9.18 Å². The fraction of sp³-hybridized carbons (Fsp3) is 0.412. The van der Waals surface area contributed by atoms with E-state index in [1.54, 1.807) is 28.8 Å². The Balaban J connectivity index is 1.74. The number of carbonyl (C=O) groups is 1. The third kappa shape index (κ3) is 3.52. The highest BCUT2D eigenvalue weighted by Crippen LogP contribution is 2.29. The maximum Gasteiger partial charge on any atom is 0.227 e. The molecule has 0 aliphatic carbocycles. The summed E-state index contributed by atoms with van der Waals surface area (Å²) in [6.07, 6.45) is 3.76. The highest BCUT2D eigenvalue weighted by atomic mass is 79.9. The average Bonchev–Trinajstić information content (AvgIpc) is 3.18. The summed E-state index contributed by atoms with van der Waals surface area (Å²) >= 11 is 3.34. The topological polar surface area (TPSA) is 50.2 Å². The molecule has 1 aliphatic heterocycles. The fourth-order valence-electron chi connectivity index (χ4n) is 3.20. The predicted octanol–water partition coefficient (Wildman–Crippen LogP) is 2.28. The lowest BCUT2D eigenvalue weighted by atomic mass is 9.90. The number of nitrogens with one attached hydrogen (secondary N) is 1. The summed E-state index contributed by atoms with van der Waals surface area (Å²) in [7, 11) is 3.59. The number of hydrogen-bond donors (Lipinski definition) is 1. The summed E-state index contributed by atoms with van der Waals surface area (Å²) in [4.78, 5) is 14.5. The summed E-state index contributed by atoms with van der Waals surface area (Å²) in [5.41, 5.74) is 1.56. The van der Waals surface area contributed by atoms with Gasteiger partial charge in [0.2, 0.25) is 5.91 Å². The summed E-state index contributed by atoms with van der Waals surface area (Å²) in [5.74, 6) is -0.338. The lowest BCUT2D eigenvalue weighted by Gasteiger charge is -2.24. The van der Waals surface area contributed by atoms with Gasteiger partial charge in [0.05, 0.1) is 12.1 Å². The van der Waals surface area contributed by atoms with Gasteiger partial charge in [0.25, 0.3) is 0 Å². The lowest BCUT2D eigenvalue weighted by Crippen LogP contribution is -2.35. The molecule has 0 unspecified atom stereocenters. The maximum atomic E-state index is 13.9. The van der Waals surface area contributed by atoms with Crippen LogP contribution >= 0.6 is 15.9 Å². The Labute approximate surface area is 149 Å². The minimum absolute atomic E-state index is 0.0215. The quantitative estimate of drug-likeness (QED) is 0.865. The Morgan fingerprint density at radius 2 is 2.29 bits per heavy atom. The standard InChI is InChI=1S/C17H20BrFN4O/c1-22(9-11-5-13(18)3-4-16(11)19)17(24)15-8-20-7-14(15)12-6-21-23(2)10-12/h3-6,10,14-15,20H,7-9H2,1-2H3/t14-,15+/m1/s1. The normalized spacial score (nSPS) is 20.3. The molecule has 0 radical (unpaired) electrons. The molecule has 0 saturated carbocycles. The number of hydrogen-bond acceptors (Lipinski definition) is 3. The average molecular weight is 395 g/mol. The molecule has 1 aliphatic rings. The highest BCUT2D eigenvalue weighted by molar-refractivity contribution is 9.10. The monoisotopic (exact) mass is 394 g/mol. The number of carbonyl (C=O) groups excluding carboxylic acids is 1. The molecular formula is C17H20BrFN4O. The van der Waals surface area contributed by atoms with Crippen LogP contribution in [0.5, 0.6) is 0 Å². The third-order valence-electron chi connectivity index (χ3n) is 4.48. The van der Waals surface area contributed by atoms with E-state index >= 15 is 0 Å². The number of amides is 1. The molecule has 1 aromatic carbocycles. The molecule has 128 valence electrons. The summed E-state index contributed by atoms with van der Waals surface area (Å²) in [5, 5.41) is 7.48. The minimum Gasteiger partial charge on any atom is -0.341 e. The van der Waals surface area contributed by atoms with Crippen LogP contribution in [0.25, 0.3) is 0 Å². The van der Waals surface area contributed by atoms with Crippen molar-refractivity contribution in [2.75, 3.05) is 20.1 Å². The van der Waals surface area contributed by atoms with Crippen molar-refractivity contribution in [3.8, 4) is 0 Å². The van der Waals surface area contributed by atoms with Crippen LogP contribution in [-0.2, 0) is 18.4 Å². The van der Waals surface area contributed by atoms with Crippen LogP contribution in [0.4, 0.5) is 4.39 Å². The van der Waals surface area contributed by atoms with E-state index in [-0.39, 0.29) is 30.1 Å². The zero-order chi connectivity index (χ0) is 17.3. The summed E-state index contributed by atoms with van der Waals surface area (Å²) in [6, 6.07) is 4.78. The zero-order valence-electron chi connectivity index (χ0n) is 13.7. The van der Waals surface area contributed by atoms with E-state index in [1.165, 1.54) is 6.07 Å². The first-order chi connectivity index (χ1) is 11.5. The van der Waals surface area contributed by atoms with Crippen molar-refractivity contribution in [2.45, 2.75) is 12.5 Å². The van der Waals surface area contributed by atoms with Crippen LogP contribution < -0.4 is 5.32 Å². The number of rotatable bonds is 4. The Bertz CT molecular complexity index is 748. The number of nitrogens with zero attached hydrogens (tertiary/aromatic N) is 3. The van der Waals surface area contributed by atoms with Crippen molar-refractivity contribution in [3.63, 3.8) is 0 Å². The molecule has 1 amide bonds. The SMILES string of the molecule is CN(Cc1cc(Br)ccc1F)C(=O)[C@H]1CNC[C@@H]1c1cnn(C)c1. The van der Waals surface area contributed by atoms with Crippen LogP contribution in [0, 0.1) is 11.7 Å². The second-order valence-electron chi connectivity index (χ2n) is 6.25. The summed E-state index contributed by atoms with van der Waals surface area (Å²) in [6.45, 7) is 1.63. The number of aryl methyl sites for hydroxylation is 1. The molecule has 0 bridgehead atoms. The predicted molar refractivity (Wildman–Crippen MR) is 92.9 cm³/mol. The molecule has 2 heterocycles. The van der Waals surface area contributed by atoms with E-state index in [0.29, 0.717) is 12.1 Å². The summed E-state index contributed by atoms with van der Waals surface area (Å²) < 4.78 is 16.5. The van der Waals surface area contributed by atoms with Gasteiger partial charge >= 0.3 is 0 Å². The van der Waals surface area contributed by atoms with Crippen molar-refractivity contribution in [2.24, 2.45) is 13.0 Å². The molecule has 0 spiro atoms. The Hall–Kier alpha value is -1.73. The van der Waals surface area contributed by atoms with Crippen LogP contribution in [0.1, 0.15) is 17.0 Å². The number of aromatic nitrogens is 2. The smallest absolute Gasteiger partial charge is 0.227 e. The molecular weight excluding hydrogens is 375 g/mol.